The molecule has 0 spiro atoms. The van der Waals surface area contributed by atoms with Crippen LogP contribution in [0.1, 0.15) is 22.0 Å². The molecule has 8 heteroatoms. The Hall–Kier alpha value is -3.39. The molecular weight excluding hydrogens is 412 g/mol. The maximum absolute atomic E-state index is 13.4. The van der Waals surface area contributed by atoms with Crippen molar-refractivity contribution in [2.75, 3.05) is 48.5 Å². The van der Waals surface area contributed by atoms with Crippen LogP contribution in [0.4, 0.5) is 0 Å². The number of Topliss-reactive ketones (excluding diaryl/α,β-unsaturated/α-hetero) is 2. The Bertz CT molecular complexity index is 1000. The first-order chi connectivity index (χ1) is 15.3. The van der Waals surface area contributed by atoms with Crippen LogP contribution in [0.2, 0.25) is 0 Å². The lowest BCUT2D eigenvalue weighted by Crippen LogP contribution is -3.06. The predicted molar refractivity (Wildman–Crippen MR) is 117 cm³/mol. The maximum Gasteiger partial charge on any atom is 0.291 e. The SMILES string of the molecule is COc1ccc(C(=O)C2C(=O)C(=O)N(CC[NH+](C)C)C2c2ccc(OC)c(OC)c2)cc1. The van der Waals surface area contributed by atoms with Crippen LogP contribution in [0.25, 0.3) is 0 Å². The van der Waals surface area contributed by atoms with E-state index < -0.39 is 29.4 Å². The second-order valence-electron chi connectivity index (χ2n) is 7.95. The van der Waals surface area contributed by atoms with E-state index in [1.807, 2.05) is 14.1 Å². The molecule has 32 heavy (non-hydrogen) atoms. The Morgan fingerprint density at radius 3 is 2.16 bits per heavy atom. The molecule has 1 heterocycles. The lowest BCUT2D eigenvalue weighted by molar-refractivity contribution is -0.857. The van der Waals surface area contributed by atoms with Crippen molar-refractivity contribution >= 4 is 17.5 Å². The molecule has 2 aromatic rings. The van der Waals surface area contributed by atoms with Gasteiger partial charge in [0.1, 0.15) is 11.7 Å². The highest BCUT2D eigenvalue weighted by molar-refractivity contribution is 6.44. The smallest absolute Gasteiger partial charge is 0.291 e. The summed E-state index contributed by atoms with van der Waals surface area (Å²) in [5.74, 6) is -1.30. The van der Waals surface area contributed by atoms with Gasteiger partial charge in [0, 0.05) is 5.56 Å². The average molecular weight is 442 g/mol. The summed E-state index contributed by atoms with van der Waals surface area (Å²) in [6.45, 7) is 0.977. The number of carbonyl (C=O) groups is 3. The maximum atomic E-state index is 13.4. The van der Waals surface area contributed by atoms with Crippen molar-refractivity contribution < 1.29 is 33.5 Å². The van der Waals surface area contributed by atoms with Crippen molar-refractivity contribution in [3.63, 3.8) is 0 Å². The van der Waals surface area contributed by atoms with Gasteiger partial charge in [-0.3, -0.25) is 14.4 Å². The Balaban J connectivity index is 2.07. The highest BCUT2D eigenvalue weighted by Gasteiger charge is 2.51. The number of rotatable bonds is 9. The molecule has 1 fully saturated rings. The number of likely N-dealkylation sites (tertiary alicyclic amines) is 1. The highest BCUT2D eigenvalue weighted by atomic mass is 16.5. The lowest BCUT2D eigenvalue weighted by atomic mass is 9.86. The Morgan fingerprint density at radius 2 is 1.59 bits per heavy atom. The van der Waals surface area contributed by atoms with Gasteiger partial charge in [-0.1, -0.05) is 6.07 Å². The fraction of sp³-hybridized carbons (Fsp3) is 0.375. The molecule has 2 atom stereocenters. The zero-order valence-electron chi connectivity index (χ0n) is 19.0. The summed E-state index contributed by atoms with van der Waals surface area (Å²) < 4.78 is 15.9. The van der Waals surface area contributed by atoms with Crippen LogP contribution in [0.3, 0.4) is 0 Å². The Labute approximate surface area is 187 Å². The first-order valence-electron chi connectivity index (χ1n) is 10.4. The monoisotopic (exact) mass is 441 g/mol. The molecule has 3 rings (SSSR count). The molecule has 0 radical (unpaired) electrons. The number of ether oxygens (including phenoxy) is 3. The number of nitrogens with one attached hydrogen (secondary N) is 1. The number of hydrogen-bond acceptors (Lipinski definition) is 6. The molecule has 1 N–H and O–H groups in total. The van der Waals surface area contributed by atoms with E-state index in [9.17, 15) is 14.4 Å². The summed E-state index contributed by atoms with van der Waals surface area (Å²) in [4.78, 5) is 42.1. The number of ketones is 2. The number of nitrogens with zero attached hydrogens (tertiary/aromatic N) is 1. The van der Waals surface area contributed by atoms with E-state index >= 15 is 0 Å². The van der Waals surface area contributed by atoms with E-state index in [4.69, 9.17) is 14.2 Å². The molecule has 2 unspecified atom stereocenters. The summed E-state index contributed by atoms with van der Waals surface area (Å²) in [5.41, 5.74) is 0.991. The van der Waals surface area contributed by atoms with Crippen LogP contribution in [0.5, 0.6) is 17.2 Å². The van der Waals surface area contributed by atoms with Gasteiger partial charge in [0.15, 0.2) is 17.3 Å². The summed E-state index contributed by atoms with van der Waals surface area (Å²) >= 11 is 0. The highest BCUT2D eigenvalue weighted by Crippen LogP contribution is 2.41. The number of likely N-dealkylation sites (N-methyl/N-ethyl adjacent to an activating group) is 1. The van der Waals surface area contributed by atoms with E-state index in [1.54, 1.807) is 42.5 Å². The summed E-state index contributed by atoms with van der Waals surface area (Å²) in [5, 5.41) is 0. The second-order valence-corrected chi connectivity index (χ2v) is 7.95. The number of carbonyl (C=O) groups excluding carboxylic acids is 3. The molecule has 0 aliphatic carbocycles. The Morgan fingerprint density at radius 1 is 0.938 bits per heavy atom. The standard InChI is InChI=1S/C24H28N2O6/c1-25(2)12-13-26-21(16-8-11-18(31-4)19(14-16)32-5)20(23(28)24(26)29)22(27)15-6-9-17(30-3)10-7-15/h6-11,14,20-21H,12-13H2,1-5H3/p+1. The average Bonchev–Trinajstić information content (AvgIpc) is 3.06. The topological polar surface area (TPSA) is 86.6 Å². The predicted octanol–water partition coefficient (Wildman–Crippen LogP) is 0.808. The number of quaternary nitrogens is 1. The van der Waals surface area contributed by atoms with Gasteiger partial charge < -0.3 is 24.0 Å². The fourth-order valence-corrected chi connectivity index (χ4v) is 3.92. The molecule has 0 saturated carbocycles. The normalized spacial score (nSPS) is 18.2. The van der Waals surface area contributed by atoms with Gasteiger partial charge in [-0.15, -0.1) is 0 Å². The lowest BCUT2D eigenvalue weighted by Gasteiger charge is -2.28. The van der Waals surface area contributed by atoms with Crippen LogP contribution < -0.4 is 19.1 Å². The van der Waals surface area contributed by atoms with Crippen molar-refractivity contribution in [1.29, 1.82) is 0 Å². The van der Waals surface area contributed by atoms with Crippen molar-refractivity contribution in [3.8, 4) is 17.2 Å². The van der Waals surface area contributed by atoms with Crippen LogP contribution in [-0.2, 0) is 9.59 Å². The van der Waals surface area contributed by atoms with Gasteiger partial charge >= 0.3 is 0 Å². The van der Waals surface area contributed by atoms with Gasteiger partial charge in [-0.2, -0.15) is 0 Å². The van der Waals surface area contributed by atoms with E-state index in [1.165, 1.54) is 26.2 Å². The molecule has 170 valence electrons. The largest absolute Gasteiger partial charge is 0.497 e. The number of methoxy groups -OCH3 is 3. The van der Waals surface area contributed by atoms with Gasteiger partial charge in [0.2, 0.25) is 5.78 Å². The first-order valence-corrected chi connectivity index (χ1v) is 10.4. The third-order valence-corrected chi connectivity index (χ3v) is 5.66. The minimum Gasteiger partial charge on any atom is -0.497 e. The second kappa shape index (κ2) is 9.82. The van der Waals surface area contributed by atoms with Crippen molar-refractivity contribution in [1.82, 2.24) is 4.90 Å². The van der Waals surface area contributed by atoms with E-state index in [0.29, 0.717) is 41.5 Å². The molecule has 2 aromatic carbocycles. The molecule has 1 aliphatic heterocycles. The quantitative estimate of drug-likeness (QED) is 0.352. The molecule has 8 nitrogen and oxygen atoms in total. The summed E-state index contributed by atoms with van der Waals surface area (Å²) in [6.07, 6.45) is 0. The molecule has 1 amide bonds. The van der Waals surface area contributed by atoms with Crippen LogP contribution >= 0.6 is 0 Å². The van der Waals surface area contributed by atoms with Crippen LogP contribution in [0.15, 0.2) is 42.5 Å². The van der Waals surface area contributed by atoms with E-state index in [2.05, 4.69) is 0 Å². The van der Waals surface area contributed by atoms with Crippen molar-refractivity contribution in [2.45, 2.75) is 6.04 Å². The van der Waals surface area contributed by atoms with Crippen molar-refractivity contribution in [2.24, 2.45) is 5.92 Å². The fourth-order valence-electron chi connectivity index (χ4n) is 3.92. The minimum atomic E-state index is -1.15. The molecule has 1 saturated heterocycles. The van der Waals surface area contributed by atoms with Gasteiger partial charge in [0.25, 0.3) is 5.91 Å². The number of benzene rings is 2. The van der Waals surface area contributed by atoms with Gasteiger partial charge in [-0.05, 0) is 42.0 Å². The zero-order valence-corrected chi connectivity index (χ0v) is 19.0. The van der Waals surface area contributed by atoms with Crippen molar-refractivity contribution in [3.05, 3.63) is 53.6 Å². The Kier molecular flexibility index (Phi) is 7.15. The molecule has 0 aromatic heterocycles. The number of hydrogen-bond donors (Lipinski definition) is 1. The van der Waals surface area contributed by atoms with E-state index in [0.717, 1.165) is 4.90 Å². The third-order valence-electron chi connectivity index (χ3n) is 5.66. The van der Waals surface area contributed by atoms with Gasteiger partial charge in [0.05, 0.1) is 54.6 Å². The summed E-state index contributed by atoms with van der Waals surface area (Å²) in [7, 11) is 8.51. The summed E-state index contributed by atoms with van der Waals surface area (Å²) in [6, 6.07) is 11.0. The number of amides is 1. The van der Waals surface area contributed by atoms with Crippen LogP contribution in [-0.4, -0.2) is 70.9 Å². The molecule has 1 aliphatic rings. The van der Waals surface area contributed by atoms with Crippen LogP contribution in [0, 0.1) is 5.92 Å². The molecule has 0 bridgehead atoms. The minimum absolute atomic E-state index is 0.346. The van der Waals surface area contributed by atoms with E-state index in [-0.39, 0.29) is 0 Å². The third kappa shape index (κ3) is 4.45. The molecular formula is C24H29N2O6+. The first kappa shape index (κ1) is 23.3. The van der Waals surface area contributed by atoms with Gasteiger partial charge in [-0.25, -0.2) is 0 Å². The zero-order chi connectivity index (χ0) is 23.4.